The summed E-state index contributed by atoms with van der Waals surface area (Å²) in [6, 6.07) is 1.72. The normalized spacial score (nSPS) is 13.4. The molecule has 0 spiro atoms. The summed E-state index contributed by atoms with van der Waals surface area (Å²) in [6.07, 6.45) is 11.4. The maximum Gasteiger partial charge on any atom is 0.273 e. The minimum atomic E-state index is -0.490. The summed E-state index contributed by atoms with van der Waals surface area (Å²) >= 11 is 0. The first-order valence-electron chi connectivity index (χ1n) is 10.0. The number of carbonyl (C=O) groups is 2. The summed E-state index contributed by atoms with van der Waals surface area (Å²) in [7, 11) is 0. The third kappa shape index (κ3) is 5.76. The SMILES string of the molecule is C=Cc1nn(CC(N)=O)cc1/C=C/NC(=O)c1cc(N(CCC)CC2CC2)ncn1. The molecular formula is C21H27N7O2. The van der Waals surface area contributed by atoms with E-state index in [9.17, 15) is 9.59 Å². The van der Waals surface area contributed by atoms with Gasteiger partial charge in [0.15, 0.2) is 0 Å². The monoisotopic (exact) mass is 409 g/mol. The molecule has 0 saturated heterocycles. The number of hydrogen-bond acceptors (Lipinski definition) is 6. The van der Waals surface area contributed by atoms with Crippen LogP contribution in [-0.2, 0) is 11.3 Å². The van der Waals surface area contributed by atoms with E-state index in [1.54, 1.807) is 24.4 Å². The summed E-state index contributed by atoms with van der Waals surface area (Å²) in [5.41, 5.74) is 6.78. The highest BCUT2D eigenvalue weighted by molar-refractivity contribution is 5.93. The molecule has 2 heterocycles. The van der Waals surface area contributed by atoms with Gasteiger partial charge in [0.25, 0.3) is 5.91 Å². The number of nitrogens with two attached hydrogens (primary N) is 1. The van der Waals surface area contributed by atoms with Crippen molar-refractivity contribution in [2.75, 3.05) is 18.0 Å². The summed E-state index contributed by atoms with van der Waals surface area (Å²) in [6.45, 7) is 7.67. The fraction of sp³-hybridized carbons (Fsp3) is 0.381. The Kier molecular flexibility index (Phi) is 6.95. The van der Waals surface area contributed by atoms with E-state index in [-0.39, 0.29) is 12.5 Å². The number of rotatable bonds is 11. The molecule has 1 fully saturated rings. The van der Waals surface area contributed by atoms with Crippen LogP contribution >= 0.6 is 0 Å². The van der Waals surface area contributed by atoms with Gasteiger partial charge < -0.3 is 16.0 Å². The van der Waals surface area contributed by atoms with Crippen LogP contribution in [0.25, 0.3) is 12.2 Å². The number of hydrogen-bond donors (Lipinski definition) is 2. The van der Waals surface area contributed by atoms with Crippen LogP contribution in [-0.4, -0.2) is 44.7 Å². The molecule has 0 unspecified atom stereocenters. The van der Waals surface area contributed by atoms with Gasteiger partial charge in [-0.2, -0.15) is 5.10 Å². The molecule has 1 aliphatic rings. The van der Waals surface area contributed by atoms with Crippen LogP contribution in [0.3, 0.4) is 0 Å². The molecule has 1 aliphatic carbocycles. The van der Waals surface area contributed by atoms with Crippen LogP contribution in [0.4, 0.5) is 5.82 Å². The Bertz CT molecular complexity index is 947. The average Bonchev–Trinajstić information content (AvgIpc) is 3.46. The lowest BCUT2D eigenvalue weighted by Gasteiger charge is -2.23. The lowest BCUT2D eigenvalue weighted by molar-refractivity contribution is -0.118. The zero-order valence-corrected chi connectivity index (χ0v) is 17.1. The van der Waals surface area contributed by atoms with E-state index in [1.807, 2.05) is 0 Å². The van der Waals surface area contributed by atoms with Crippen LogP contribution in [0.2, 0.25) is 0 Å². The lowest BCUT2D eigenvalue weighted by atomic mass is 10.2. The molecule has 3 rings (SSSR count). The predicted octanol–water partition coefficient (Wildman–Crippen LogP) is 1.83. The predicted molar refractivity (Wildman–Crippen MR) is 115 cm³/mol. The molecule has 2 aromatic rings. The first kappa shape index (κ1) is 21.2. The fourth-order valence-corrected chi connectivity index (χ4v) is 3.09. The van der Waals surface area contributed by atoms with Crippen molar-refractivity contribution in [2.24, 2.45) is 11.7 Å². The first-order chi connectivity index (χ1) is 14.5. The molecule has 30 heavy (non-hydrogen) atoms. The van der Waals surface area contributed by atoms with E-state index in [2.05, 4.69) is 38.8 Å². The van der Waals surface area contributed by atoms with Crippen molar-refractivity contribution >= 4 is 29.8 Å². The molecule has 158 valence electrons. The number of amides is 2. The van der Waals surface area contributed by atoms with Gasteiger partial charge in [-0.1, -0.05) is 13.5 Å². The smallest absolute Gasteiger partial charge is 0.273 e. The van der Waals surface area contributed by atoms with Crippen LogP contribution in [0.15, 0.2) is 31.4 Å². The van der Waals surface area contributed by atoms with Crippen LogP contribution < -0.4 is 16.0 Å². The van der Waals surface area contributed by atoms with E-state index in [1.165, 1.54) is 30.1 Å². The Hall–Kier alpha value is -3.49. The Morgan fingerprint density at radius 1 is 1.40 bits per heavy atom. The van der Waals surface area contributed by atoms with Gasteiger partial charge in [-0.15, -0.1) is 0 Å². The maximum absolute atomic E-state index is 12.5. The van der Waals surface area contributed by atoms with E-state index in [0.29, 0.717) is 17.0 Å². The molecule has 9 nitrogen and oxygen atoms in total. The van der Waals surface area contributed by atoms with E-state index >= 15 is 0 Å². The third-order valence-electron chi connectivity index (χ3n) is 4.69. The largest absolute Gasteiger partial charge is 0.368 e. The topological polar surface area (TPSA) is 119 Å². The number of primary amides is 1. The molecule has 3 N–H and O–H groups in total. The Labute approximate surface area is 175 Å². The van der Waals surface area contributed by atoms with Gasteiger partial charge >= 0.3 is 0 Å². The minimum Gasteiger partial charge on any atom is -0.368 e. The second-order valence-corrected chi connectivity index (χ2v) is 7.30. The second-order valence-electron chi connectivity index (χ2n) is 7.30. The van der Waals surface area contributed by atoms with Crippen molar-refractivity contribution in [2.45, 2.75) is 32.7 Å². The van der Waals surface area contributed by atoms with E-state index < -0.39 is 5.91 Å². The first-order valence-corrected chi connectivity index (χ1v) is 10.0. The molecule has 1 saturated carbocycles. The van der Waals surface area contributed by atoms with Gasteiger partial charge in [0.05, 0.1) is 5.69 Å². The minimum absolute atomic E-state index is 0.0279. The number of anilines is 1. The second kappa shape index (κ2) is 9.82. The average molecular weight is 409 g/mol. The van der Waals surface area contributed by atoms with E-state index in [0.717, 1.165) is 31.2 Å². The van der Waals surface area contributed by atoms with Crippen molar-refractivity contribution in [3.05, 3.63) is 48.3 Å². The molecule has 0 aromatic carbocycles. The van der Waals surface area contributed by atoms with Gasteiger partial charge in [0.2, 0.25) is 5.91 Å². The lowest BCUT2D eigenvalue weighted by Crippen LogP contribution is -2.28. The number of carbonyl (C=O) groups excluding carboxylic acids is 2. The van der Waals surface area contributed by atoms with Crippen molar-refractivity contribution in [3.63, 3.8) is 0 Å². The van der Waals surface area contributed by atoms with Crippen molar-refractivity contribution < 1.29 is 9.59 Å². The molecular weight excluding hydrogens is 382 g/mol. The summed E-state index contributed by atoms with van der Waals surface area (Å²) < 4.78 is 1.43. The molecule has 2 aromatic heterocycles. The maximum atomic E-state index is 12.5. The highest BCUT2D eigenvalue weighted by atomic mass is 16.2. The van der Waals surface area contributed by atoms with Gasteiger partial charge in [-0.3, -0.25) is 14.3 Å². The van der Waals surface area contributed by atoms with E-state index in [4.69, 9.17) is 5.73 Å². The molecule has 9 heteroatoms. The fourth-order valence-electron chi connectivity index (χ4n) is 3.09. The summed E-state index contributed by atoms with van der Waals surface area (Å²) in [4.78, 5) is 34.3. The number of nitrogens with one attached hydrogen (secondary N) is 1. The Balaban J connectivity index is 1.66. The number of nitrogens with zero attached hydrogens (tertiary/aromatic N) is 5. The van der Waals surface area contributed by atoms with Crippen molar-refractivity contribution in [3.8, 4) is 0 Å². The zero-order chi connectivity index (χ0) is 21.5. The molecule has 0 bridgehead atoms. The van der Waals surface area contributed by atoms with Gasteiger partial charge in [-0.25, -0.2) is 9.97 Å². The number of aromatic nitrogens is 4. The summed E-state index contributed by atoms with van der Waals surface area (Å²) in [5.74, 6) is 0.675. The molecule has 0 atom stereocenters. The van der Waals surface area contributed by atoms with Gasteiger partial charge in [-0.05, 0) is 37.3 Å². The molecule has 2 amide bonds. The zero-order valence-electron chi connectivity index (χ0n) is 17.1. The van der Waals surface area contributed by atoms with Crippen LogP contribution in [0, 0.1) is 5.92 Å². The van der Waals surface area contributed by atoms with Gasteiger partial charge in [0.1, 0.15) is 24.4 Å². The Morgan fingerprint density at radius 2 is 2.20 bits per heavy atom. The van der Waals surface area contributed by atoms with Crippen molar-refractivity contribution in [1.29, 1.82) is 0 Å². The van der Waals surface area contributed by atoms with Crippen LogP contribution in [0.5, 0.6) is 0 Å². The standard InChI is InChI=1S/C21H27N7O2/c1-3-9-27(11-15-5-6-15)20-10-18(24-14-25-20)21(30)23-8-7-16-12-28(13-19(22)29)26-17(16)4-2/h4,7-8,10,12,14-15H,2-3,5-6,9,11,13H2,1H3,(H2,22,29)(H,23,30)/b8-7+. The third-order valence-corrected chi connectivity index (χ3v) is 4.69. The quantitative estimate of drug-likeness (QED) is 0.584. The van der Waals surface area contributed by atoms with Crippen molar-refractivity contribution in [1.82, 2.24) is 25.1 Å². The van der Waals surface area contributed by atoms with Crippen LogP contribution in [0.1, 0.15) is 47.9 Å². The highest BCUT2D eigenvalue weighted by Gasteiger charge is 2.25. The Morgan fingerprint density at radius 3 is 2.87 bits per heavy atom. The highest BCUT2D eigenvalue weighted by Crippen LogP contribution is 2.31. The molecule has 0 aliphatic heterocycles. The molecule has 0 radical (unpaired) electrons. The summed E-state index contributed by atoms with van der Waals surface area (Å²) in [5, 5.41) is 6.92. The van der Waals surface area contributed by atoms with Gasteiger partial charge in [0, 0.05) is 37.1 Å².